The van der Waals surface area contributed by atoms with Crippen molar-refractivity contribution in [3.63, 3.8) is 0 Å². The Kier molecular flexibility index (Phi) is 4.64. The molecule has 0 aliphatic heterocycles. The highest BCUT2D eigenvalue weighted by atomic mass is 16.2. The molecule has 2 fully saturated rings. The van der Waals surface area contributed by atoms with Crippen LogP contribution >= 0.6 is 0 Å². The summed E-state index contributed by atoms with van der Waals surface area (Å²) >= 11 is 0. The minimum absolute atomic E-state index is 0.263. The summed E-state index contributed by atoms with van der Waals surface area (Å²) in [7, 11) is 0. The molecule has 2 saturated carbocycles. The monoisotopic (exact) mass is 224 g/mol. The van der Waals surface area contributed by atoms with E-state index in [-0.39, 0.29) is 5.91 Å². The number of carbonyl (C=O) groups is 1. The third-order valence-electron chi connectivity index (χ3n) is 3.71. The number of hydrogen-bond acceptors (Lipinski definition) is 2. The van der Waals surface area contributed by atoms with Crippen LogP contribution in [0, 0.1) is 11.8 Å². The van der Waals surface area contributed by atoms with E-state index in [4.69, 9.17) is 0 Å². The average molecular weight is 224 g/mol. The Morgan fingerprint density at radius 1 is 1.00 bits per heavy atom. The summed E-state index contributed by atoms with van der Waals surface area (Å²) in [4.78, 5) is 11.3. The molecule has 92 valence electrons. The fraction of sp³-hybridized carbons (Fsp3) is 0.923. The largest absolute Gasteiger partial charge is 0.355 e. The van der Waals surface area contributed by atoms with E-state index in [2.05, 4.69) is 10.6 Å². The van der Waals surface area contributed by atoms with E-state index in [9.17, 15) is 4.79 Å². The van der Waals surface area contributed by atoms with Crippen LogP contribution in [0.5, 0.6) is 0 Å². The second kappa shape index (κ2) is 6.24. The lowest BCUT2D eigenvalue weighted by Crippen LogP contribution is -2.34. The Labute approximate surface area is 98.4 Å². The van der Waals surface area contributed by atoms with E-state index in [1.54, 1.807) is 0 Å². The first-order chi connectivity index (χ1) is 7.86. The molecule has 0 atom stereocenters. The van der Waals surface area contributed by atoms with Gasteiger partial charge >= 0.3 is 0 Å². The van der Waals surface area contributed by atoms with E-state index in [0.717, 1.165) is 38.4 Å². The van der Waals surface area contributed by atoms with E-state index in [1.165, 1.54) is 32.1 Å². The molecule has 0 radical (unpaired) electrons. The lowest BCUT2D eigenvalue weighted by Gasteiger charge is -2.21. The molecule has 3 heteroatoms. The summed E-state index contributed by atoms with van der Waals surface area (Å²) in [6, 6.07) is 0. The molecular weight excluding hydrogens is 200 g/mol. The molecule has 0 heterocycles. The third-order valence-corrected chi connectivity index (χ3v) is 3.71. The quantitative estimate of drug-likeness (QED) is 0.674. The van der Waals surface area contributed by atoms with Crippen molar-refractivity contribution in [3.8, 4) is 0 Å². The highest BCUT2D eigenvalue weighted by molar-refractivity contribution is 5.80. The molecule has 0 unspecified atom stereocenters. The molecule has 0 saturated heterocycles. The molecule has 0 aromatic rings. The van der Waals surface area contributed by atoms with Gasteiger partial charge in [-0.2, -0.15) is 0 Å². The van der Waals surface area contributed by atoms with Crippen molar-refractivity contribution in [1.82, 2.24) is 10.6 Å². The van der Waals surface area contributed by atoms with E-state index >= 15 is 0 Å². The lowest BCUT2D eigenvalue weighted by molar-refractivity contribution is -0.122. The predicted molar refractivity (Wildman–Crippen MR) is 65.2 cm³/mol. The van der Waals surface area contributed by atoms with Crippen molar-refractivity contribution in [2.24, 2.45) is 11.8 Å². The van der Waals surface area contributed by atoms with Crippen molar-refractivity contribution in [2.45, 2.75) is 44.9 Å². The highest BCUT2D eigenvalue weighted by Crippen LogP contribution is 2.28. The van der Waals surface area contributed by atoms with Gasteiger partial charge in [-0.15, -0.1) is 0 Å². The van der Waals surface area contributed by atoms with Gasteiger partial charge in [0.25, 0.3) is 0 Å². The Morgan fingerprint density at radius 2 is 1.75 bits per heavy atom. The summed E-state index contributed by atoms with van der Waals surface area (Å²) in [5.74, 6) is 1.49. The molecule has 0 bridgehead atoms. The smallest absolute Gasteiger partial charge is 0.223 e. The Bertz CT molecular complexity index is 220. The van der Waals surface area contributed by atoms with Gasteiger partial charge in [0.1, 0.15) is 0 Å². The van der Waals surface area contributed by atoms with E-state index < -0.39 is 0 Å². The average Bonchev–Trinajstić information content (AvgIpc) is 3.13. The maximum atomic E-state index is 11.3. The molecule has 16 heavy (non-hydrogen) atoms. The molecule has 0 aromatic heterocycles. The van der Waals surface area contributed by atoms with Crippen molar-refractivity contribution in [2.75, 3.05) is 19.6 Å². The van der Waals surface area contributed by atoms with Crippen LogP contribution in [-0.2, 0) is 4.79 Å². The first kappa shape index (κ1) is 11.9. The number of hydrogen-bond donors (Lipinski definition) is 2. The first-order valence-electron chi connectivity index (χ1n) is 6.84. The normalized spacial score (nSPS) is 22.0. The van der Waals surface area contributed by atoms with E-state index in [0.29, 0.717) is 5.92 Å². The van der Waals surface area contributed by atoms with Crippen LogP contribution in [0.25, 0.3) is 0 Å². The zero-order chi connectivity index (χ0) is 11.2. The van der Waals surface area contributed by atoms with Crippen molar-refractivity contribution in [1.29, 1.82) is 0 Å². The Balaban J connectivity index is 1.43. The van der Waals surface area contributed by atoms with Gasteiger partial charge in [0, 0.05) is 19.0 Å². The summed E-state index contributed by atoms with van der Waals surface area (Å²) in [5.41, 5.74) is 0. The van der Waals surface area contributed by atoms with Crippen LogP contribution in [0.3, 0.4) is 0 Å². The van der Waals surface area contributed by atoms with Gasteiger partial charge in [0.2, 0.25) is 5.91 Å². The topological polar surface area (TPSA) is 41.1 Å². The van der Waals surface area contributed by atoms with Gasteiger partial charge in [-0.3, -0.25) is 4.79 Å². The van der Waals surface area contributed by atoms with Crippen LogP contribution in [0.4, 0.5) is 0 Å². The molecule has 2 aliphatic carbocycles. The zero-order valence-electron chi connectivity index (χ0n) is 10.1. The van der Waals surface area contributed by atoms with Crippen LogP contribution in [0.15, 0.2) is 0 Å². The van der Waals surface area contributed by atoms with Gasteiger partial charge in [-0.1, -0.05) is 19.3 Å². The number of nitrogens with one attached hydrogen (secondary N) is 2. The van der Waals surface area contributed by atoms with Crippen molar-refractivity contribution >= 4 is 5.91 Å². The van der Waals surface area contributed by atoms with Crippen molar-refractivity contribution in [3.05, 3.63) is 0 Å². The molecule has 3 nitrogen and oxygen atoms in total. The fourth-order valence-corrected chi connectivity index (χ4v) is 2.46. The van der Waals surface area contributed by atoms with Gasteiger partial charge in [-0.25, -0.2) is 0 Å². The minimum Gasteiger partial charge on any atom is -0.355 e. The SMILES string of the molecule is O=C(NCCNCC1CCCCC1)C1CC1. The standard InChI is InChI=1S/C13H24N2O/c16-13(12-6-7-12)15-9-8-14-10-11-4-2-1-3-5-11/h11-12,14H,1-10H2,(H,15,16). The minimum atomic E-state index is 0.263. The van der Waals surface area contributed by atoms with Gasteiger partial charge in [0.05, 0.1) is 0 Å². The van der Waals surface area contributed by atoms with Crippen LogP contribution in [0.1, 0.15) is 44.9 Å². The van der Waals surface area contributed by atoms with Crippen molar-refractivity contribution < 1.29 is 4.79 Å². The van der Waals surface area contributed by atoms with Crippen LogP contribution < -0.4 is 10.6 Å². The maximum Gasteiger partial charge on any atom is 0.223 e. The summed E-state index contributed by atoms with van der Waals surface area (Å²) in [6.45, 7) is 2.86. The van der Waals surface area contributed by atoms with Crippen LogP contribution in [0.2, 0.25) is 0 Å². The molecule has 0 spiro atoms. The maximum absolute atomic E-state index is 11.3. The summed E-state index contributed by atoms with van der Waals surface area (Å²) in [6.07, 6.45) is 9.22. The fourth-order valence-electron chi connectivity index (χ4n) is 2.46. The summed E-state index contributed by atoms with van der Waals surface area (Å²) in [5, 5.41) is 6.44. The second-order valence-corrected chi connectivity index (χ2v) is 5.27. The third kappa shape index (κ3) is 4.12. The lowest BCUT2D eigenvalue weighted by atomic mass is 9.89. The molecule has 2 rings (SSSR count). The molecule has 1 amide bonds. The number of amides is 1. The Morgan fingerprint density at radius 3 is 2.44 bits per heavy atom. The number of carbonyl (C=O) groups excluding carboxylic acids is 1. The summed E-state index contributed by atoms with van der Waals surface area (Å²) < 4.78 is 0. The Hall–Kier alpha value is -0.570. The van der Waals surface area contributed by atoms with Gasteiger partial charge < -0.3 is 10.6 Å². The van der Waals surface area contributed by atoms with E-state index in [1.807, 2.05) is 0 Å². The first-order valence-corrected chi connectivity index (χ1v) is 6.84. The van der Waals surface area contributed by atoms with Gasteiger partial charge in [-0.05, 0) is 38.1 Å². The number of rotatable bonds is 6. The molecule has 2 aliphatic rings. The molecule has 2 N–H and O–H groups in total. The van der Waals surface area contributed by atoms with Crippen LogP contribution in [-0.4, -0.2) is 25.5 Å². The van der Waals surface area contributed by atoms with Gasteiger partial charge in [0.15, 0.2) is 0 Å². The zero-order valence-corrected chi connectivity index (χ0v) is 10.1. The predicted octanol–water partition coefficient (Wildman–Crippen LogP) is 1.68. The highest BCUT2D eigenvalue weighted by Gasteiger charge is 2.28. The second-order valence-electron chi connectivity index (χ2n) is 5.27. The molecule has 0 aromatic carbocycles. The molecular formula is C13H24N2O.